The average Bonchev–Trinajstić information content (AvgIpc) is 3.22. The number of H-pyrrole nitrogens is 1. The van der Waals surface area contributed by atoms with Crippen LogP contribution in [0.4, 0.5) is 5.82 Å². The van der Waals surface area contributed by atoms with Crippen molar-refractivity contribution in [3.8, 4) is 5.95 Å². The summed E-state index contributed by atoms with van der Waals surface area (Å²) in [4.78, 5) is 32.1. The van der Waals surface area contributed by atoms with Gasteiger partial charge < -0.3 is 5.32 Å². The van der Waals surface area contributed by atoms with E-state index in [1.165, 1.54) is 4.68 Å². The highest BCUT2D eigenvalue weighted by atomic mass is 35.5. The number of hydrogen-bond donors (Lipinski definition) is 2. The maximum Gasteiger partial charge on any atom is 0.258 e. The molecule has 26 heavy (non-hydrogen) atoms. The Hall–Kier alpha value is -2.93. The van der Waals surface area contributed by atoms with Crippen molar-refractivity contribution in [1.29, 1.82) is 0 Å². The summed E-state index contributed by atoms with van der Waals surface area (Å²) < 4.78 is 1.43. The fourth-order valence-electron chi connectivity index (χ4n) is 3.11. The number of rotatable bonds is 3. The summed E-state index contributed by atoms with van der Waals surface area (Å²) in [5.74, 6) is 0.340. The van der Waals surface area contributed by atoms with E-state index in [1.807, 2.05) is 0 Å². The van der Waals surface area contributed by atoms with Crippen molar-refractivity contribution in [1.82, 2.24) is 19.7 Å². The summed E-state index contributed by atoms with van der Waals surface area (Å²) in [7, 11) is 0. The minimum absolute atomic E-state index is 0.154. The first-order valence-electron chi connectivity index (χ1n) is 8.28. The molecule has 1 aromatic carbocycles. The predicted octanol–water partition coefficient (Wildman–Crippen LogP) is 2.66. The minimum Gasteiger partial charge on any atom is -0.306 e. The molecule has 2 heterocycles. The number of aryl methyl sites for hydroxylation is 2. The Labute approximate surface area is 154 Å². The maximum absolute atomic E-state index is 12.6. The highest BCUT2D eigenvalue weighted by molar-refractivity contribution is 6.34. The Morgan fingerprint density at radius 3 is 2.92 bits per heavy atom. The van der Waals surface area contributed by atoms with Crippen LogP contribution in [0.1, 0.15) is 33.7 Å². The van der Waals surface area contributed by atoms with Crippen LogP contribution in [0.5, 0.6) is 0 Å². The molecule has 0 aliphatic heterocycles. The number of fused-ring (bicyclic) bond motifs is 1. The smallest absolute Gasteiger partial charge is 0.258 e. The van der Waals surface area contributed by atoms with Gasteiger partial charge in [-0.05, 0) is 38.3 Å². The Kier molecular flexibility index (Phi) is 4.08. The van der Waals surface area contributed by atoms with E-state index >= 15 is 0 Å². The van der Waals surface area contributed by atoms with Crippen molar-refractivity contribution in [2.24, 2.45) is 0 Å². The van der Waals surface area contributed by atoms with Gasteiger partial charge in [-0.15, -0.1) is 0 Å². The lowest BCUT2D eigenvalue weighted by Crippen LogP contribution is -2.21. The fourth-order valence-corrected chi connectivity index (χ4v) is 3.33. The Bertz CT molecular complexity index is 1070. The van der Waals surface area contributed by atoms with Crippen LogP contribution in [0, 0.1) is 6.92 Å². The molecule has 0 saturated heterocycles. The molecule has 1 aliphatic carbocycles. The molecule has 132 valence electrons. The number of aromatic amines is 1. The van der Waals surface area contributed by atoms with E-state index in [4.69, 9.17) is 11.6 Å². The fraction of sp³-hybridized carbons (Fsp3) is 0.222. The van der Waals surface area contributed by atoms with Crippen LogP contribution < -0.4 is 10.9 Å². The quantitative estimate of drug-likeness (QED) is 0.742. The summed E-state index contributed by atoms with van der Waals surface area (Å²) in [6.07, 6.45) is 2.43. The number of aromatic nitrogens is 4. The molecule has 0 saturated carbocycles. The van der Waals surface area contributed by atoms with Gasteiger partial charge in [-0.2, -0.15) is 9.78 Å². The molecular formula is C18H16ClN5O2. The van der Waals surface area contributed by atoms with Crippen molar-refractivity contribution in [3.63, 3.8) is 0 Å². The van der Waals surface area contributed by atoms with Gasteiger partial charge in [0.05, 0.1) is 22.0 Å². The molecule has 2 N–H and O–H groups in total. The van der Waals surface area contributed by atoms with Gasteiger partial charge in [0.1, 0.15) is 5.82 Å². The summed E-state index contributed by atoms with van der Waals surface area (Å²) >= 11 is 6.09. The van der Waals surface area contributed by atoms with E-state index in [2.05, 4.69) is 20.4 Å². The number of carbonyl (C=O) groups is 1. The molecule has 0 bridgehead atoms. The normalized spacial score (nSPS) is 12.8. The first-order valence-corrected chi connectivity index (χ1v) is 8.66. The van der Waals surface area contributed by atoms with E-state index in [1.54, 1.807) is 37.3 Å². The number of hydrogen-bond acceptors (Lipinski definition) is 4. The number of anilines is 1. The Balaban J connectivity index is 1.72. The third-order valence-corrected chi connectivity index (χ3v) is 4.65. The van der Waals surface area contributed by atoms with Crippen LogP contribution in [0.15, 0.2) is 35.1 Å². The minimum atomic E-state index is -0.361. The lowest BCUT2D eigenvalue weighted by Gasteiger charge is -2.10. The highest BCUT2D eigenvalue weighted by Crippen LogP contribution is 2.21. The van der Waals surface area contributed by atoms with Crippen molar-refractivity contribution in [2.75, 3.05) is 5.32 Å². The molecule has 4 rings (SSSR count). The molecule has 7 nitrogen and oxygen atoms in total. The number of nitrogens with one attached hydrogen (secondary N) is 2. The van der Waals surface area contributed by atoms with Gasteiger partial charge in [-0.25, -0.2) is 4.98 Å². The summed E-state index contributed by atoms with van der Waals surface area (Å²) in [6.45, 7) is 1.80. The summed E-state index contributed by atoms with van der Waals surface area (Å²) in [5, 5.41) is 7.50. The molecular weight excluding hydrogens is 354 g/mol. The zero-order valence-corrected chi connectivity index (χ0v) is 14.8. The molecule has 8 heteroatoms. The van der Waals surface area contributed by atoms with Crippen LogP contribution in [0.2, 0.25) is 5.02 Å². The third-order valence-electron chi connectivity index (χ3n) is 4.32. The van der Waals surface area contributed by atoms with E-state index in [9.17, 15) is 9.59 Å². The highest BCUT2D eigenvalue weighted by Gasteiger charge is 2.20. The second kappa shape index (κ2) is 6.42. The average molecular weight is 370 g/mol. The number of amides is 1. The van der Waals surface area contributed by atoms with Gasteiger partial charge >= 0.3 is 0 Å². The van der Waals surface area contributed by atoms with E-state index < -0.39 is 0 Å². The van der Waals surface area contributed by atoms with Crippen LogP contribution in [-0.4, -0.2) is 25.7 Å². The van der Waals surface area contributed by atoms with Gasteiger partial charge in [0.15, 0.2) is 0 Å². The second-order valence-corrected chi connectivity index (χ2v) is 6.59. The standard InChI is InChI=1S/C18H16ClN5O2/c1-10-9-15(21-16(25)11-5-2-3-7-13(11)19)24(23-10)18-20-14-8-4-6-12(14)17(26)22-18/h2-3,5,7,9H,4,6,8H2,1H3,(H,21,25)(H,20,22,26). The topological polar surface area (TPSA) is 92.7 Å². The molecule has 0 radical (unpaired) electrons. The van der Waals surface area contributed by atoms with Crippen molar-refractivity contribution >= 4 is 23.3 Å². The first-order chi connectivity index (χ1) is 12.5. The molecule has 3 aromatic rings. The van der Waals surface area contributed by atoms with Crippen LogP contribution >= 0.6 is 11.6 Å². The van der Waals surface area contributed by atoms with Gasteiger partial charge in [0.2, 0.25) is 5.95 Å². The molecule has 1 aliphatic rings. The van der Waals surface area contributed by atoms with Gasteiger partial charge in [0, 0.05) is 11.6 Å². The third kappa shape index (κ3) is 2.90. The zero-order valence-electron chi connectivity index (χ0n) is 14.0. The van der Waals surface area contributed by atoms with Crippen LogP contribution in [0.3, 0.4) is 0 Å². The first kappa shape index (κ1) is 16.5. The molecule has 0 atom stereocenters. The second-order valence-electron chi connectivity index (χ2n) is 6.19. The van der Waals surface area contributed by atoms with Crippen LogP contribution in [-0.2, 0) is 12.8 Å². The molecule has 1 amide bonds. The predicted molar refractivity (Wildman–Crippen MR) is 98.1 cm³/mol. The van der Waals surface area contributed by atoms with Crippen molar-refractivity contribution in [2.45, 2.75) is 26.2 Å². The molecule has 0 unspecified atom stereocenters. The lowest BCUT2D eigenvalue weighted by molar-refractivity contribution is 0.102. The van der Waals surface area contributed by atoms with Gasteiger partial charge in [-0.1, -0.05) is 23.7 Å². The van der Waals surface area contributed by atoms with Gasteiger partial charge in [-0.3, -0.25) is 14.6 Å². The SMILES string of the molecule is Cc1cc(NC(=O)c2ccccc2Cl)n(-c2nc3c(c(=O)[nH]2)CCC3)n1. The van der Waals surface area contributed by atoms with Crippen molar-refractivity contribution < 1.29 is 4.79 Å². The number of halogens is 1. The molecule has 0 fully saturated rings. The number of benzene rings is 1. The molecule has 0 spiro atoms. The zero-order chi connectivity index (χ0) is 18.3. The Morgan fingerprint density at radius 1 is 1.31 bits per heavy atom. The summed E-state index contributed by atoms with van der Waals surface area (Å²) in [6, 6.07) is 8.50. The molecule has 2 aromatic heterocycles. The van der Waals surface area contributed by atoms with Crippen molar-refractivity contribution in [3.05, 3.63) is 68.2 Å². The monoisotopic (exact) mass is 369 g/mol. The van der Waals surface area contributed by atoms with E-state index in [0.717, 1.165) is 30.5 Å². The van der Waals surface area contributed by atoms with E-state index in [0.29, 0.717) is 28.0 Å². The van der Waals surface area contributed by atoms with Gasteiger partial charge in [0.25, 0.3) is 11.5 Å². The van der Waals surface area contributed by atoms with Crippen LogP contribution in [0.25, 0.3) is 5.95 Å². The lowest BCUT2D eigenvalue weighted by atomic mass is 10.2. The van der Waals surface area contributed by atoms with E-state index in [-0.39, 0.29) is 11.5 Å². The maximum atomic E-state index is 12.6. The Morgan fingerprint density at radius 2 is 2.12 bits per heavy atom. The summed E-state index contributed by atoms with van der Waals surface area (Å²) in [5.41, 5.74) is 2.41. The largest absolute Gasteiger partial charge is 0.306 e. The number of nitrogens with zero attached hydrogens (tertiary/aromatic N) is 3. The number of carbonyl (C=O) groups excluding carboxylic acids is 1.